The van der Waals surface area contributed by atoms with Crippen LogP contribution in [0.3, 0.4) is 0 Å². The molecule has 1 atom stereocenters. The van der Waals surface area contributed by atoms with Crippen LogP contribution < -0.4 is 5.32 Å². The molecule has 128 valence electrons. The summed E-state index contributed by atoms with van der Waals surface area (Å²) in [6.07, 6.45) is 4.42. The maximum absolute atomic E-state index is 12.7. The van der Waals surface area contributed by atoms with Crippen LogP contribution >= 0.6 is 0 Å². The van der Waals surface area contributed by atoms with Crippen LogP contribution in [0.15, 0.2) is 67.0 Å². The highest BCUT2D eigenvalue weighted by Crippen LogP contribution is 2.25. The third-order valence-electron chi connectivity index (χ3n) is 4.46. The quantitative estimate of drug-likeness (QED) is 0.698. The lowest BCUT2D eigenvalue weighted by Crippen LogP contribution is -2.20. The lowest BCUT2D eigenvalue weighted by atomic mass is 10.0. The van der Waals surface area contributed by atoms with Gasteiger partial charge in [-0.1, -0.05) is 42.0 Å². The SMILES string of the molecule is Cc1cccc([C@H](CC(=O)Nc2cc(C)ccc2C)n2cccc2)c1. The zero-order chi connectivity index (χ0) is 17.8. The van der Waals surface area contributed by atoms with E-state index in [4.69, 9.17) is 0 Å². The maximum atomic E-state index is 12.7. The van der Waals surface area contributed by atoms with Crippen molar-refractivity contribution in [1.82, 2.24) is 4.57 Å². The van der Waals surface area contributed by atoms with E-state index in [0.717, 1.165) is 22.4 Å². The molecule has 1 heterocycles. The number of aromatic nitrogens is 1. The van der Waals surface area contributed by atoms with Gasteiger partial charge < -0.3 is 9.88 Å². The molecule has 0 bridgehead atoms. The molecule has 0 fully saturated rings. The van der Waals surface area contributed by atoms with Gasteiger partial charge in [0.15, 0.2) is 0 Å². The molecular weight excluding hydrogens is 308 g/mol. The second-order valence-corrected chi connectivity index (χ2v) is 6.63. The smallest absolute Gasteiger partial charge is 0.226 e. The van der Waals surface area contributed by atoms with E-state index >= 15 is 0 Å². The monoisotopic (exact) mass is 332 g/mol. The lowest BCUT2D eigenvalue weighted by Gasteiger charge is -2.20. The number of aryl methyl sites for hydroxylation is 3. The number of nitrogens with one attached hydrogen (secondary N) is 1. The van der Waals surface area contributed by atoms with E-state index in [9.17, 15) is 4.79 Å². The third kappa shape index (κ3) is 4.18. The minimum atomic E-state index is -0.0139. The molecule has 0 aliphatic rings. The minimum Gasteiger partial charge on any atom is -0.346 e. The van der Waals surface area contributed by atoms with Crippen molar-refractivity contribution in [3.05, 3.63) is 89.2 Å². The highest BCUT2D eigenvalue weighted by atomic mass is 16.1. The van der Waals surface area contributed by atoms with E-state index in [2.05, 4.69) is 41.1 Å². The zero-order valence-corrected chi connectivity index (χ0v) is 15.0. The predicted octanol–water partition coefficient (Wildman–Crippen LogP) is 5.03. The number of hydrogen-bond donors (Lipinski definition) is 1. The molecule has 0 unspecified atom stereocenters. The number of carbonyl (C=O) groups is 1. The number of anilines is 1. The molecule has 0 saturated heterocycles. The van der Waals surface area contributed by atoms with Crippen molar-refractivity contribution in [2.75, 3.05) is 5.32 Å². The van der Waals surface area contributed by atoms with E-state index in [0.29, 0.717) is 6.42 Å². The van der Waals surface area contributed by atoms with Crippen molar-refractivity contribution in [2.45, 2.75) is 33.2 Å². The summed E-state index contributed by atoms with van der Waals surface area (Å²) in [5, 5.41) is 3.08. The molecule has 1 aromatic heterocycles. The van der Waals surface area contributed by atoms with Crippen LogP contribution in [-0.4, -0.2) is 10.5 Å². The Labute approximate surface area is 149 Å². The normalized spacial score (nSPS) is 12.0. The topological polar surface area (TPSA) is 34.0 Å². The van der Waals surface area contributed by atoms with E-state index < -0.39 is 0 Å². The van der Waals surface area contributed by atoms with Crippen molar-refractivity contribution in [3.63, 3.8) is 0 Å². The molecule has 3 nitrogen and oxygen atoms in total. The van der Waals surface area contributed by atoms with E-state index in [1.54, 1.807) is 0 Å². The number of rotatable bonds is 5. The number of carbonyl (C=O) groups excluding carboxylic acids is 1. The maximum Gasteiger partial charge on any atom is 0.226 e. The Morgan fingerprint density at radius 2 is 1.68 bits per heavy atom. The third-order valence-corrected chi connectivity index (χ3v) is 4.46. The van der Waals surface area contributed by atoms with Gasteiger partial charge in [0.05, 0.1) is 12.5 Å². The van der Waals surface area contributed by atoms with Crippen LogP contribution in [0.5, 0.6) is 0 Å². The standard InChI is InChI=1S/C22H24N2O/c1-16-7-6-8-19(13-16)21(24-11-4-5-12-24)15-22(25)23-20-14-17(2)9-10-18(20)3/h4-14,21H,15H2,1-3H3,(H,23,25)/t21-/m0/s1. The average molecular weight is 332 g/mol. The van der Waals surface area contributed by atoms with Crippen LogP contribution in [0.2, 0.25) is 0 Å². The van der Waals surface area contributed by atoms with Crippen LogP contribution in [0, 0.1) is 20.8 Å². The van der Waals surface area contributed by atoms with Gasteiger partial charge in [-0.05, 0) is 55.7 Å². The second kappa shape index (κ2) is 7.39. The summed E-state index contributed by atoms with van der Waals surface area (Å²) in [4.78, 5) is 12.7. The van der Waals surface area contributed by atoms with E-state index in [1.807, 2.05) is 56.6 Å². The fourth-order valence-electron chi connectivity index (χ4n) is 3.08. The Balaban J connectivity index is 1.83. The summed E-state index contributed by atoms with van der Waals surface area (Å²) in [6, 6.07) is 18.4. The molecule has 0 aliphatic heterocycles. The van der Waals surface area contributed by atoms with Gasteiger partial charge in [-0.3, -0.25) is 4.79 Å². The second-order valence-electron chi connectivity index (χ2n) is 6.63. The highest BCUT2D eigenvalue weighted by Gasteiger charge is 2.18. The van der Waals surface area contributed by atoms with Crippen LogP contribution in [0.4, 0.5) is 5.69 Å². The van der Waals surface area contributed by atoms with Crippen molar-refractivity contribution in [2.24, 2.45) is 0 Å². The van der Waals surface area contributed by atoms with Gasteiger partial charge in [0.2, 0.25) is 5.91 Å². The van der Waals surface area contributed by atoms with E-state index in [-0.39, 0.29) is 11.9 Å². The number of amides is 1. The van der Waals surface area contributed by atoms with Gasteiger partial charge in [-0.2, -0.15) is 0 Å². The van der Waals surface area contributed by atoms with Crippen LogP contribution in [0.25, 0.3) is 0 Å². The molecule has 3 rings (SSSR count). The minimum absolute atomic E-state index is 0.0139. The van der Waals surface area contributed by atoms with Crippen molar-refractivity contribution in [1.29, 1.82) is 0 Å². The van der Waals surface area contributed by atoms with Gasteiger partial charge in [-0.15, -0.1) is 0 Å². The molecule has 1 N–H and O–H groups in total. The first-order valence-corrected chi connectivity index (χ1v) is 8.59. The van der Waals surface area contributed by atoms with Crippen molar-refractivity contribution >= 4 is 11.6 Å². The van der Waals surface area contributed by atoms with Gasteiger partial charge in [0.25, 0.3) is 0 Å². The van der Waals surface area contributed by atoms with Crippen molar-refractivity contribution in [3.8, 4) is 0 Å². The molecule has 0 saturated carbocycles. The molecule has 0 aliphatic carbocycles. The molecule has 3 aromatic rings. The van der Waals surface area contributed by atoms with Crippen LogP contribution in [-0.2, 0) is 4.79 Å². The molecule has 3 heteroatoms. The zero-order valence-electron chi connectivity index (χ0n) is 15.0. The molecular formula is C22H24N2O. The largest absolute Gasteiger partial charge is 0.346 e. The summed E-state index contributed by atoms with van der Waals surface area (Å²) >= 11 is 0. The summed E-state index contributed by atoms with van der Waals surface area (Å²) in [5.74, 6) is 0.0221. The summed E-state index contributed by atoms with van der Waals surface area (Å²) in [7, 11) is 0. The van der Waals surface area contributed by atoms with Gasteiger partial charge in [0.1, 0.15) is 0 Å². The highest BCUT2D eigenvalue weighted by molar-refractivity contribution is 5.92. The Bertz CT molecular complexity index is 865. The van der Waals surface area contributed by atoms with Crippen LogP contribution in [0.1, 0.15) is 34.7 Å². The van der Waals surface area contributed by atoms with Gasteiger partial charge >= 0.3 is 0 Å². The summed E-state index contributed by atoms with van der Waals surface area (Å²) < 4.78 is 2.09. The molecule has 0 spiro atoms. The predicted molar refractivity (Wildman–Crippen MR) is 103 cm³/mol. The first kappa shape index (κ1) is 17.0. The average Bonchev–Trinajstić information content (AvgIpc) is 3.10. The Kier molecular flexibility index (Phi) is 5.03. The summed E-state index contributed by atoms with van der Waals surface area (Å²) in [6.45, 7) is 6.12. The number of hydrogen-bond acceptors (Lipinski definition) is 1. The van der Waals surface area contributed by atoms with Gasteiger partial charge in [0, 0.05) is 18.1 Å². The van der Waals surface area contributed by atoms with Crippen molar-refractivity contribution < 1.29 is 4.79 Å². The molecule has 25 heavy (non-hydrogen) atoms. The number of nitrogens with zero attached hydrogens (tertiary/aromatic N) is 1. The first-order valence-electron chi connectivity index (χ1n) is 8.59. The fourth-order valence-corrected chi connectivity index (χ4v) is 3.08. The van der Waals surface area contributed by atoms with E-state index in [1.165, 1.54) is 5.56 Å². The Morgan fingerprint density at radius 3 is 2.40 bits per heavy atom. The first-order chi connectivity index (χ1) is 12.0. The Morgan fingerprint density at radius 1 is 0.960 bits per heavy atom. The number of benzene rings is 2. The molecule has 0 radical (unpaired) electrons. The lowest BCUT2D eigenvalue weighted by molar-refractivity contribution is -0.116. The fraction of sp³-hybridized carbons (Fsp3) is 0.227. The molecule has 2 aromatic carbocycles. The Hall–Kier alpha value is -2.81. The molecule has 1 amide bonds. The summed E-state index contributed by atoms with van der Waals surface area (Å²) in [5.41, 5.74) is 5.45. The van der Waals surface area contributed by atoms with Gasteiger partial charge in [-0.25, -0.2) is 0 Å².